The lowest BCUT2D eigenvalue weighted by molar-refractivity contribution is 0.110. The number of hydrogen-bond donors (Lipinski definition) is 1. The van der Waals surface area contributed by atoms with Crippen LogP contribution in [0.3, 0.4) is 0 Å². The molecule has 0 heterocycles. The van der Waals surface area contributed by atoms with Crippen LogP contribution in [0.2, 0.25) is 5.02 Å². The molecule has 2 aromatic rings. The molecule has 3 rings (SSSR count). The number of rotatable bonds is 2. The monoisotopic (exact) mass is 361 g/mol. The summed E-state index contributed by atoms with van der Waals surface area (Å²) in [5.41, 5.74) is 1.80. The van der Waals surface area contributed by atoms with Gasteiger partial charge >= 0.3 is 0 Å². The third-order valence-corrected chi connectivity index (χ3v) is 5.16. The Morgan fingerprint density at radius 3 is 2.81 bits per heavy atom. The standard InChI is InChI=1S/C17H13BrClNO/c18-15-6-5-12(19)9-13(15)16(21)17(10-20)8-7-11-3-1-2-4-14(11)17/h1-6,9,16,21H,7-8H2. The Labute approximate surface area is 137 Å². The quantitative estimate of drug-likeness (QED) is 0.852. The molecule has 0 radical (unpaired) electrons. The van der Waals surface area contributed by atoms with Gasteiger partial charge in [0.2, 0.25) is 0 Å². The van der Waals surface area contributed by atoms with E-state index in [0.29, 0.717) is 17.0 Å². The minimum atomic E-state index is -0.917. The van der Waals surface area contributed by atoms with Crippen LogP contribution in [0.4, 0.5) is 0 Å². The van der Waals surface area contributed by atoms with Crippen molar-refractivity contribution in [1.82, 2.24) is 0 Å². The first-order valence-electron chi connectivity index (χ1n) is 6.71. The van der Waals surface area contributed by atoms with Crippen LogP contribution in [-0.2, 0) is 11.8 Å². The SMILES string of the molecule is N#CC1(C(O)c2cc(Cl)ccc2Br)CCc2ccccc21. The molecule has 0 saturated carbocycles. The molecule has 2 aromatic carbocycles. The van der Waals surface area contributed by atoms with Crippen molar-refractivity contribution < 1.29 is 5.11 Å². The number of aryl methyl sites for hydroxylation is 1. The fraction of sp³-hybridized carbons (Fsp3) is 0.235. The Bertz CT molecular complexity index is 740. The summed E-state index contributed by atoms with van der Waals surface area (Å²) in [6.07, 6.45) is 0.501. The fourth-order valence-electron chi connectivity index (χ4n) is 3.09. The van der Waals surface area contributed by atoms with Crippen LogP contribution >= 0.6 is 27.5 Å². The summed E-state index contributed by atoms with van der Waals surface area (Å²) in [5.74, 6) is 0. The molecule has 2 nitrogen and oxygen atoms in total. The highest BCUT2D eigenvalue weighted by Gasteiger charge is 2.46. The average Bonchev–Trinajstić information content (AvgIpc) is 2.89. The number of nitrogens with zero attached hydrogens (tertiary/aromatic N) is 1. The molecule has 0 aromatic heterocycles. The lowest BCUT2D eigenvalue weighted by Gasteiger charge is -2.29. The highest BCUT2D eigenvalue weighted by atomic mass is 79.9. The molecule has 106 valence electrons. The zero-order valence-corrected chi connectivity index (χ0v) is 13.5. The van der Waals surface area contributed by atoms with Gasteiger partial charge in [-0.1, -0.05) is 51.8 Å². The van der Waals surface area contributed by atoms with Crippen LogP contribution in [0.15, 0.2) is 46.9 Å². The summed E-state index contributed by atoms with van der Waals surface area (Å²) < 4.78 is 0.762. The maximum Gasteiger partial charge on any atom is 0.113 e. The number of aliphatic hydroxyl groups excluding tert-OH is 1. The third-order valence-electron chi connectivity index (χ3n) is 4.21. The van der Waals surface area contributed by atoms with Crippen molar-refractivity contribution in [1.29, 1.82) is 5.26 Å². The number of halogens is 2. The predicted molar refractivity (Wildman–Crippen MR) is 86.2 cm³/mol. The van der Waals surface area contributed by atoms with Gasteiger partial charge in [0.05, 0.1) is 6.07 Å². The zero-order valence-electron chi connectivity index (χ0n) is 11.2. The molecule has 0 aliphatic heterocycles. The zero-order chi connectivity index (χ0) is 15.0. The number of aliphatic hydroxyl groups is 1. The van der Waals surface area contributed by atoms with E-state index in [0.717, 1.165) is 22.0 Å². The Hall–Kier alpha value is -1.34. The molecule has 0 spiro atoms. The van der Waals surface area contributed by atoms with Crippen LogP contribution < -0.4 is 0 Å². The van der Waals surface area contributed by atoms with Gasteiger partial charge < -0.3 is 5.11 Å². The fourth-order valence-corrected chi connectivity index (χ4v) is 3.73. The summed E-state index contributed by atoms with van der Waals surface area (Å²) in [7, 11) is 0. The van der Waals surface area contributed by atoms with Crippen LogP contribution in [0.1, 0.15) is 29.2 Å². The first-order chi connectivity index (χ1) is 10.1. The van der Waals surface area contributed by atoms with Crippen LogP contribution in [0.25, 0.3) is 0 Å². The van der Waals surface area contributed by atoms with E-state index in [-0.39, 0.29) is 0 Å². The molecule has 0 saturated heterocycles. The first-order valence-corrected chi connectivity index (χ1v) is 7.88. The third kappa shape index (κ3) is 2.28. The van der Waals surface area contributed by atoms with Crippen molar-refractivity contribution in [3.05, 3.63) is 68.7 Å². The Kier molecular flexibility index (Phi) is 3.79. The van der Waals surface area contributed by atoms with Crippen LogP contribution in [0.5, 0.6) is 0 Å². The van der Waals surface area contributed by atoms with Gasteiger partial charge in [-0.2, -0.15) is 5.26 Å². The lowest BCUT2D eigenvalue weighted by Crippen LogP contribution is -2.30. The van der Waals surface area contributed by atoms with Crippen LogP contribution in [-0.4, -0.2) is 5.11 Å². The largest absolute Gasteiger partial charge is 0.386 e. The van der Waals surface area contributed by atoms with Gasteiger partial charge in [0.1, 0.15) is 11.5 Å². The maximum absolute atomic E-state index is 10.9. The van der Waals surface area contributed by atoms with Gasteiger partial charge in [-0.3, -0.25) is 0 Å². The van der Waals surface area contributed by atoms with Crippen molar-refractivity contribution in [3.8, 4) is 6.07 Å². The smallest absolute Gasteiger partial charge is 0.113 e. The molecule has 0 fully saturated rings. The highest BCUT2D eigenvalue weighted by molar-refractivity contribution is 9.10. The molecule has 0 bridgehead atoms. The molecular formula is C17H13BrClNO. The van der Waals surface area contributed by atoms with Crippen molar-refractivity contribution in [2.24, 2.45) is 0 Å². The molecule has 21 heavy (non-hydrogen) atoms. The normalized spacial score (nSPS) is 21.6. The molecule has 1 aliphatic carbocycles. The average molecular weight is 363 g/mol. The minimum absolute atomic E-state index is 0.548. The number of nitriles is 1. The second kappa shape index (κ2) is 5.46. The summed E-state index contributed by atoms with van der Waals surface area (Å²) in [5, 5.41) is 21.3. The van der Waals surface area contributed by atoms with E-state index < -0.39 is 11.5 Å². The maximum atomic E-state index is 10.9. The molecule has 4 heteroatoms. The van der Waals surface area contributed by atoms with Gasteiger partial charge in [0, 0.05) is 9.50 Å². The highest BCUT2D eigenvalue weighted by Crippen LogP contribution is 2.48. The van der Waals surface area contributed by atoms with E-state index in [2.05, 4.69) is 22.0 Å². The minimum Gasteiger partial charge on any atom is -0.386 e. The molecule has 1 aliphatic rings. The van der Waals surface area contributed by atoms with Crippen molar-refractivity contribution in [3.63, 3.8) is 0 Å². The van der Waals surface area contributed by atoms with E-state index >= 15 is 0 Å². The summed E-state index contributed by atoms with van der Waals surface area (Å²) in [4.78, 5) is 0. The Morgan fingerprint density at radius 1 is 1.29 bits per heavy atom. The van der Waals surface area contributed by atoms with E-state index in [1.807, 2.05) is 24.3 Å². The Balaban J connectivity index is 2.14. The van der Waals surface area contributed by atoms with E-state index in [1.165, 1.54) is 0 Å². The second-order valence-electron chi connectivity index (χ2n) is 5.31. The number of hydrogen-bond acceptors (Lipinski definition) is 2. The molecule has 2 atom stereocenters. The molecule has 1 N–H and O–H groups in total. The topological polar surface area (TPSA) is 44.0 Å². The molecule has 2 unspecified atom stereocenters. The van der Waals surface area contributed by atoms with Gasteiger partial charge in [-0.05, 0) is 47.7 Å². The van der Waals surface area contributed by atoms with Crippen molar-refractivity contribution in [2.75, 3.05) is 0 Å². The van der Waals surface area contributed by atoms with Crippen LogP contribution in [0, 0.1) is 11.3 Å². The summed E-state index contributed by atoms with van der Waals surface area (Å²) in [6.45, 7) is 0. The summed E-state index contributed by atoms with van der Waals surface area (Å²) >= 11 is 9.48. The van der Waals surface area contributed by atoms with Crippen molar-refractivity contribution >= 4 is 27.5 Å². The van der Waals surface area contributed by atoms with Gasteiger partial charge in [-0.15, -0.1) is 0 Å². The number of fused-ring (bicyclic) bond motifs is 1. The van der Waals surface area contributed by atoms with E-state index in [4.69, 9.17) is 11.6 Å². The second-order valence-corrected chi connectivity index (χ2v) is 6.60. The van der Waals surface area contributed by atoms with E-state index in [9.17, 15) is 10.4 Å². The van der Waals surface area contributed by atoms with Crippen molar-refractivity contribution in [2.45, 2.75) is 24.4 Å². The van der Waals surface area contributed by atoms with Gasteiger partial charge in [0.25, 0.3) is 0 Å². The first kappa shape index (κ1) is 14.6. The Morgan fingerprint density at radius 2 is 2.05 bits per heavy atom. The number of benzene rings is 2. The van der Waals surface area contributed by atoms with E-state index in [1.54, 1.807) is 18.2 Å². The summed E-state index contributed by atoms with van der Waals surface area (Å²) in [6, 6.07) is 15.5. The lowest BCUT2D eigenvalue weighted by atomic mass is 9.75. The molecule has 0 amide bonds. The van der Waals surface area contributed by atoms with Gasteiger partial charge in [-0.25, -0.2) is 0 Å². The van der Waals surface area contributed by atoms with Gasteiger partial charge in [0.15, 0.2) is 0 Å². The molecular weight excluding hydrogens is 350 g/mol. The predicted octanol–water partition coefficient (Wildman–Crippen LogP) is 4.54.